The maximum Gasteiger partial charge on any atom is 0.133 e. The molecule has 1 aromatic heterocycles. The largest absolute Gasteiger partial charge is 0.506 e. The highest BCUT2D eigenvalue weighted by Gasteiger charge is 2.09. The fourth-order valence-corrected chi connectivity index (χ4v) is 2.17. The summed E-state index contributed by atoms with van der Waals surface area (Å²) in [4.78, 5) is 4.16. The second-order valence-electron chi connectivity index (χ2n) is 4.40. The first kappa shape index (κ1) is 13.8. The number of aromatic hydroxyl groups is 1. The molecule has 2 N–H and O–H groups in total. The molecule has 1 unspecified atom stereocenters. The number of hydrogen-bond acceptors (Lipinski definition) is 3. The van der Waals surface area contributed by atoms with Crippen molar-refractivity contribution in [3.05, 3.63) is 58.9 Å². The lowest BCUT2D eigenvalue weighted by Gasteiger charge is -2.17. The number of nitrogens with one attached hydrogen (secondary N) is 1. The average Bonchev–Trinajstić information content (AvgIpc) is 2.42. The highest BCUT2D eigenvalue weighted by atomic mass is 35.5. The molecule has 1 atom stereocenters. The molecular formula is C15H17ClN2O. The zero-order chi connectivity index (χ0) is 13.7. The molecule has 0 aliphatic carbocycles. The second-order valence-corrected chi connectivity index (χ2v) is 4.84. The molecule has 1 aromatic carbocycles. The molecule has 0 radical (unpaired) electrons. The van der Waals surface area contributed by atoms with Gasteiger partial charge in [0.2, 0.25) is 0 Å². The standard InChI is InChI=1S/C15H17ClN2O/c1-2-15(11-4-3-5-12(16)8-11)18-9-13-6-7-14(19)10-17-13/h3-8,10,15,18-19H,2,9H2,1H3. The lowest BCUT2D eigenvalue weighted by molar-refractivity contribution is 0.470. The molecule has 3 nitrogen and oxygen atoms in total. The highest BCUT2D eigenvalue weighted by Crippen LogP contribution is 2.20. The summed E-state index contributed by atoms with van der Waals surface area (Å²) in [5, 5.41) is 13.4. The lowest BCUT2D eigenvalue weighted by atomic mass is 10.0. The monoisotopic (exact) mass is 276 g/mol. The number of pyridine rings is 1. The summed E-state index contributed by atoms with van der Waals surface area (Å²) >= 11 is 6.01. The van der Waals surface area contributed by atoms with Crippen LogP contribution in [0.3, 0.4) is 0 Å². The van der Waals surface area contributed by atoms with Crippen LogP contribution in [-0.4, -0.2) is 10.1 Å². The van der Waals surface area contributed by atoms with E-state index in [0.717, 1.165) is 17.1 Å². The zero-order valence-electron chi connectivity index (χ0n) is 10.8. The van der Waals surface area contributed by atoms with Crippen LogP contribution in [-0.2, 0) is 6.54 Å². The molecule has 0 spiro atoms. The van der Waals surface area contributed by atoms with E-state index in [1.165, 1.54) is 11.8 Å². The first-order valence-corrected chi connectivity index (χ1v) is 6.69. The van der Waals surface area contributed by atoms with Gasteiger partial charge in [-0.25, -0.2) is 0 Å². The SMILES string of the molecule is CCC(NCc1ccc(O)cn1)c1cccc(Cl)c1. The summed E-state index contributed by atoms with van der Waals surface area (Å²) in [6.07, 6.45) is 2.43. The summed E-state index contributed by atoms with van der Waals surface area (Å²) in [5.74, 6) is 0.186. The van der Waals surface area contributed by atoms with E-state index in [0.29, 0.717) is 6.54 Å². The number of hydrogen-bond donors (Lipinski definition) is 2. The van der Waals surface area contributed by atoms with E-state index in [9.17, 15) is 5.11 Å². The Bertz CT molecular complexity index is 528. The molecule has 0 aliphatic heterocycles. The van der Waals surface area contributed by atoms with Crippen molar-refractivity contribution in [1.29, 1.82) is 0 Å². The predicted molar refractivity (Wildman–Crippen MR) is 77.2 cm³/mol. The van der Waals surface area contributed by atoms with Crippen LogP contribution in [0.4, 0.5) is 0 Å². The molecule has 2 rings (SSSR count). The minimum absolute atomic E-state index is 0.186. The smallest absolute Gasteiger partial charge is 0.133 e. The van der Waals surface area contributed by atoms with Crippen LogP contribution in [0.1, 0.15) is 30.6 Å². The third-order valence-electron chi connectivity index (χ3n) is 3.00. The Morgan fingerprint density at radius 3 is 2.79 bits per heavy atom. The summed E-state index contributed by atoms with van der Waals surface area (Å²) in [7, 11) is 0. The van der Waals surface area contributed by atoms with E-state index in [1.54, 1.807) is 6.07 Å². The molecule has 0 aliphatic rings. The van der Waals surface area contributed by atoms with E-state index in [-0.39, 0.29) is 11.8 Å². The third kappa shape index (κ3) is 3.94. The predicted octanol–water partition coefficient (Wildman–Crippen LogP) is 3.68. The van der Waals surface area contributed by atoms with Crippen LogP contribution >= 0.6 is 11.6 Å². The molecule has 100 valence electrons. The minimum Gasteiger partial charge on any atom is -0.506 e. The summed E-state index contributed by atoms with van der Waals surface area (Å²) < 4.78 is 0. The maximum absolute atomic E-state index is 9.19. The van der Waals surface area contributed by atoms with Crippen LogP contribution in [0.5, 0.6) is 5.75 Å². The van der Waals surface area contributed by atoms with Gasteiger partial charge in [-0.15, -0.1) is 0 Å². The zero-order valence-corrected chi connectivity index (χ0v) is 11.6. The highest BCUT2D eigenvalue weighted by molar-refractivity contribution is 6.30. The quantitative estimate of drug-likeness (QED) is 0.876. The summed E-state index contributed by atoms with van der Waals surface area (Å²) in [6.45, 7) is 2.79. The van der Waals surface area contributed by atoms with Gasteiger partial charge >= 0.3 is 0 Å². The number of nitrogens with zero attached hydrogens (tertiary/aromatic N) is 1. The molecule has 0 saturated carbocycles. The topological polar surface area (TPSA) is 45.1 Å². The number of halogens is 1. The van der Waals surface area contributed by atoms with E-state index in [1.807, 2.05) is 24.3 Å². The van der Waals surface area contributed by atoms with Gasteiger partial charge in [0, 0.05) is 17.6 Å². The molecule has 19 heavy (non-hydrogen) atoms. The van der Waals surface area contributed by atoms with Gasteiger partial charge in [0.05, 0.1) is 11.9 Å². The normalized spacial score (nSPS) is 12.3. The van der Waals surface area contributed by atoms with E-state index in [4.69, 9.17) is 11.6 Å². The van der Waals surface area contributed by atoms with Gasteiger partial charge in [-0.05, 0) is 36.2 Å². The van der Waals surface area contributed by atoms with Crippen molar-refractivity contribution < 1.29 is 5.11 Å². The van der Waals surface area contributed by atoms with E-state index in [2.05, 4.69) is 23.3 Å². The molecule has 0 bridgehead atoms. The first-order chi connectivity index (χ1) is 9.19. The fraction of sp³-hybridized carbons (Fsp3) is 0.267. The van der Waals surface area contributed by atoms with E-state index >= 15 is 0 Å². The molecule has 2 aromatic rings. The van der Waals surface area contributed by atoms with Crippen LogP contribution in [0, 0.1) is 0 Å². The van der Waals surface area contributed by atoms with Crippen molar-refractivity contribution in [2.24, 2.45) is 0 Å². The van der Waals surface area contributed by atoms with Gasteiger partial charge in [-0.3, -0.25) is 4.98 Å². The first-order valence-electron chi connectivity index (χ1n) is 6.31. The van der Waals surface area contributed by atoms with Gasteiger partial charge in [-0.1, -0.05) is 30.7 Å². The van der Waals surface area contributed by atoms with Crippen molar-refractivity contribution in [2.45, 2.75) is 25.9 Å². The Morgan fingerprint density at radius 1 is 1.32 bits per heavy atom. The van der Waals surface area contributed by atoms with Crippen LogP contribution in [0.2, 0.25) is 5.02 Å². The number of benzene rings is 1. The van der Waals surface area contributed by atoms with Crippen molar-refractivity contribution >= 4 is 11.6 Å². The minimum atomic E-state index is 0.186. The number of rotatable bonds is 5. The van der Waals surface area contributed by atoms with Gasteiger partial charge in [0.25, 0.3) is 0 Å². The van der Waals surface area contributed by atoms with Crippen LogP contribution in [0.25, 0.3) is 0 Å². The lowest BCUT2D eigenvalue weighted by Crippen LogP contribution is -2.20. The molecule has 0 saturated heterocycles. The van der Waals surface area contributed by atoms with Gasteiger partial charge in [-0.2, -0.15) is 0 Å². The van der Waals surface area contributed by atoms with Gasteiger partial charge < -0.3 is 10.4 Å². The Balaban J connectivity index is 2.01. The van der Waals surface area contributed by atoms with Gasteiger partial charge in [0.15, 0.2) is 0 Å². The third-order valence-corrected chi connectivity index (χ3v) is 3.23. The summed E-state index contributed by atoms with van der Waals surface area (Å²) in [6, 6.07) is 11.6. The van der Waals surface area contributed by atoms with Crippen molar-refractivity contribution in [3.8, 4) is 5.75 Å². The molecule has 1 heterocycles. The van der Waals surface area contributed by atoms with Crippen molar-refractivity contribution in [3.63, 3.8) is 0 Å². The number of aromatic nitrogens is 1. The van der Waals surface area contributed by atoms with Crippen molar-refractivity contribution in [2.75, 3.05) is 0 Å². The van der Waals surface area contributed by atoms with Crippen molar-refractivity contribution in [1.82, 2.24) is 10.3 Å². The van der Waals surface area contributed by atoms with Crippen LogP contribution < -0.4 is 5.32 Å². The Morgan fingerprint density at radius 2 is 2.16 bits per heavy atom. The Labute approximate surface area is 118 Å². The van der Waals surface area contributed by atoms with E-state index < -0.39 is 0 Å². The average molecular weight is 277 g/mol. The molecule has 0 amide bonds. The van der Waals surface area contributed by atoms with Gasteiger partial charge in [0.1, 0.15) is 5.75 Å². The maximum atomic E-state index is 9.19. The summed E-state index contributed by atoms with van der Waals surface area (Å²) in [5.41, 5.74) is 2.08. The molecular weight excluding hydrogens is 260 g/mol. The fourth-order valence-electron chi connectivity index (χ4n) is 1.97. The van der Waals surface area contributed by atoms with Crippen LogP contribution in [0.15, 0.2) is 42.6 Å². The second kappa shape index (κ2) is 6.55. The Hall–Kier alpha value is -1.58. The Kier molecular flexibility index (Phi) is 4.77. The molecule has 4 heteroatoms. The molecule has 0 fully saturated rings.